The number of benzene rings is 2. The van der Waals surface area contributed by atoms with E-state index >= 15 is 0 Å². The predicted molar refractivity (Wildman–Crippen MR) is 94.0 cm³/mol. The molecule has 2 aliphatic heterocycles. The summed E-state index contributed by atoms with van der Waals surface area (Å²) in [6.45, 7) is 1.76. The van der Waals surface area contributed by atoms with Crippen LogP contribution in [0.2, 0.25) is 0 Å². The molecule has 2 amide bonds. The number of nitrogens with zero attached hydrogens (tertiary/aromatic N) is 1. The van der Waals surface area contributed by atoms with E-state index in [1.54, 1.807) is 6.92 Å². The van der Waals surface area contributed by atoms with E-state index in [0.717, 1.165) is 21.2 Å². The molecule has 1 atom stereocenters. The van der Waals surface area contributed by atoms with Gasteiger partial charge >= 0.3 is 5.97 Å². The van der Waals surface area contributed by atoms with Crippen molar-refractivity contribution in [2.45, 2.75) is 13.0 Å². The second-order valence-electron chi connectivity index (χ2n) is 6.04. The number of methoxy groups -OCH3 is 1. The van der Waals surface area contributed by atoms with Crippen molar-refractivity contribution in [2.24, 2.45) is 0 Å². The van der Waals surface area contributed by atoms with Gasteiger partial charge in [0.25, 0.3) is 11.8 Å². The van der Waals surface area contributed by atoms with Gasteiger partial charge in [0.05, 0.1) is 12.8 Å². The second kappa shape index (κ2) is 5.84. The zero-order valence-electron chi connectivity index (χ0n) is 14.2. The number of allylic oxidation sites excluding steroid dienone is 1. The van der Waals surface area contributed by atoms with Gasteiger partial charge in [-0.3, -0.25) is 9.59 Å². The first-order valence-corrected chi connectivity index (χ1v) is 8.06. The molecule has 6 heteroatoms. The molecule has 26 heavy (non-hydrogen) atoms. The molecule has 2 heterocycles. The molecular formula is C20H15NO5. The van der Waals surface area contributed by atoms with E-state index in [-0.39, 0.29) is 5.70 Å². The fraction of sp³-hybridized carbons (Fsp3) is 0.150. The van der Waals surface area contributed by atoms with Gasteiger partial charge in [-0.15, -0.1) is 0 Å². The lowest BCUT2D eigenvalue weighted by Gasteiger charge is -2.32. The monoisotopic (exact) mass is 349 g/mol. The van der Waals surface area contributed by atoms with Crippen LogP contribution in [-0.2, 0) is 19.1 Å². The first kappa shape index (κ1) is 16.1. The van der Waals surface area contributed by atoms with Crippen LogP contribution in [-0.4, -0.2) is 35.9 Å². The van der Waals surface area contributed by atoms with Gasteiger partial charge in [0.2, 0.25) is 6.10 Å². The summed E-state index contributed by atoms with van der Waals surface area (Å²) in [4.78, 5) is 37.7. The van der Waals surface area contributed by atoms with Crippen molar-refractivity contribution in [3.05, 3.63) is 59.8 Å². The smallest absolute Gasteiger partial charge is 0.353 e. The van der Waals surface area contributed by atoms with Crippen molar-refractivity contribution < 1.29 is 23.9 Å². The van der Waals surface area contributed by atoms with Crippen molar-refractivity contribution in [2.75, 3.05) is 7.11 Å². The van der Waals surface area contributed by atoms with E-state index in [2.05, 4.69) is 0 Å². The number of rotatable bonds is 2. The molecule has 0 N–H and O–H groups in total. The quantitative estimate of drug-likeness (QED) is 0.615. The van der Waals surface area contributed by atoms with Crippen LogP contribution < -0.4 is 4.74 Å². The molecule has 4 rings (SSSR count). The van der Waals surface area contributed by atoms with Crippen LogP contribution in [0.1, 0.15) is 12.5 Å². The Bertz CT molecular complexity index is 1020. The number of hydrogen-bond donors (Lipinski definition) is 0. The number of imide groups is 1. The van der Waals surface area contributed by atoms with Crippen molar-refractivity contribution in [1.29, 1.82) is 0 Å². The number of ether oxygens (including phenoxy) is 2. The van der Waals surface area contributed by atoms with Gasteiger partial charge in [-0.25, -0.2) is 9.69 Å². The SMILES string of the molecule is COC(=O)C1Oc2c(ccc3ccccc23)C(C)=C1N1C(=O)C=CC1=O. The first-order chi connectivity index (χ1) is 12.5. The predicted octanol–water partition coefficient (Wildman–Crippen LogP) is 2.43. The summed E-state index contributed by atoms with van der Waals surface area (Å²) in [7, 11) is 1.24. The van der Waals surface area contributed by atoms with Crippen molar-refractivity contribution in [1.82, 2.24) is 4.90 Å². The molecule has 0 saturated heterocycles. The minimum absolute atomic E-state index is 0.194. The van der Waals surface area contributed by atoms with Crippen molar-refractivity contribution in [3.63, 3.8) is 0 Å². The Kier molecular flexibility index (Phi) is 3.61. The molecule has 0 aromatic heterocycles. The average Bonchev–Trinajstić information content (AvgIpc) is 2.99. The van der Waals surface area contributed by atoms with Crippen LogP contribution in [0, 0.1) is 0 Å². The van der Waals surface area contributed by atoms with E-state index in [9.17, 15) is 14.4 Å². The van der Waals surface area contributed by atoms with E-state index in [4.69, 9.17) is 9.47 Å². The summed E-state index contributed by atoms with van der Waals surface area (Å²) in [6.07, 6.45) is 1.14. The lowest BCUT2D eigenvalue weighted by Crippen LogP contribution is -2.44. The summed E-state index contributed by atoms with van der Waals surface area (Å²) in [5.41, 5.74) is 1.55. The third kappa shape index (κ3) is 2.23. The second-order valence-corrected chi connectivity index (χ2v) is 6.04. The molecule has 2 aromatic rings. The van der Waals surface area contributed by atoms with E-state index in [1.165, 1.54) is 19.3 Å². The maximum absolute atomic E-state index is 12.4. The normalized spacial score (nSPS) is 19.0. The Hall–Kier alpha value is -3.41. The standard InChI is InChI=1S/C20H15NO5/c1-11-13-8-7-12-5-3-4-6-14(12)18(13)26-19(20(24)25-2)17(11)21-15(22)9-10-16(21)23/h3-10,19H,1-2H3. The number of hydrogen-bond acceptors (Lipinski definition) is 5. The van der Waals surface area contributed by atoms with Gasteiger partial charge in [-0.1, -0.05) is 36.4 Å². The molecule has 130 valence electrons. The highest BCUT2D eigenvalue weighted by molar-refractivity contribution is 6.16. The summed E-state index contributed by atoms with van der Waals surface area (Å²) in [5.74, 6) is -1.16. The summed E-state index contributed by atoms with van der Waals surface area (Å²) in [5, 5.41) is 1.80. The van der Waals surface area contributed by atoms with Gasteiger partial charge in [-0.05, 0) is 17.9 Å². The highest BCUT2D eigenvalue weighted by Gasteiger charge is 2.42. The first-order valence-electron chi connectivity index (χ1n) is 8.06. The van der Waals surface area contributed by atoms with Gasteiger partial charge < -0.3 is 9.47 Å². The van der Waals surface area contributed by atoms with Crippen LogP contribution in [0.4, 0.5) is 0 Å². The van der Waals surface area contributed by atoms with E-state index < -0.39 is 23.9 Å². The Morgan fingerprint density at radius 1 is 1.08 bits per heavy atom. The number of fused-ring (bicyclic) bond motifs is 3. The average molecular weight is 349 g/mol. The Morgan fingerprint density at radius 2 is 1.77 bits per heavy atom. The molecule has 6 nitrogen and oxygen atoms in total. The molecule has 0 fully saturated rings. The van der Waals surface area contributed by atoms with E-state index in [1.807, 2.05) is 36.4 Å². The largest absolute Gasteiger partial charge is 0.471 e. The zero-order chi connectivity index (χ0) is 18.4. The highest BCUT2D eigenvalue weighted by Crippen LogP contribution is 2.42. The third-order valence-electron chi connectivity index (χ3n) is 4.62. The fourth-order valence-electron chi connectivity index (χ4n) is 3.36. The lowest BCUT2D eigenvalue weighted by molar-refractivity contribution is -0.148. The maximum Gasteiger partial charge on any atom is 0.353 e. The summed E-state index contributed by atoms with van der Waals surface area (Å²) in [6, 6.07) is 11.4. The van der Waals surface area contributed by atoms with Crippen molar-refractivity contribution in [3.8, 4) is 5.75 Å². The molecule has 1 unspecified atom stereocenters. The molecule has 0 saturated carbocycles. The van der Waals surface area contributed by atoms with Crippen LogP contribution in [0.5, 0.6) is 5.75 Å². The Morgan fingerprint density at radius 3 is 2.46 bits per heavy atom. The fourth-order valence-corrected chi connectivity index (χ4v) is 3.36. The molecule has 0 spiro atoms. The van der Waals surface area contributed by atoms with Crippen LogP contribution in [0.3, 0.4) is 0 Å². The van der Waals surface area contributed by atoms with E-state index in [0.29, 0.717) is 11.3 Å². The van der Waals surface area contributed by atoms with Gasteiger partial charge in [0.1, 0.15) is 5.75 Å². The lowest BCUT2D eigenvalue weighted by atomic mass is 9.94. The van der Waals surface area contributed by atoms with Gasteiger partial charge in [0, 0.05) is 23.1 Å². The third-order valence-corrected chi connectivity index (χ3v) is 4.62. The number of esters is 1. The summed E-state index contributed by atoms with van der Waals surface area (Å²) >= 11 is 0. The minimum atomic E-state index is -1.20. The summed E-state index contributed by atoms with van der Waals surface area (Å²) < 4.78 is 10.8. The number of carbonyl (C=O) groups excluding carboxylic acids is 3. The topological polar surface area (TPSA) is 72.9 Å². The molecule has 0 bridgehead atoms. The zero-order valence-corrected chi connectivity index (χ0v) is 14.2. The molecular weight excluding hydrogens is 334 g/mol. The highest BCUT2D eigenvalue weighted by atomic mass is 16.6. The molecule has 2 aromatic carbocycles. The van der Waals surface area contributed by atoms with Crippen LogP contribution in [0.25, 0.3) is 16.3 Å². The van der Waals surface area contributed by atoms with Crippen LogP contribution >= 0.6 is 0 Å². The Labute approximate surface area is 149 Å². The number of carbonyl (C=O) groups is 3. The minimum Gasteiger partial charge on any atom is -0.471 e. The maximum atomic E-state index is 12.4. The molecule has 2 aliphatic rings. The Balaban J connectivity index is 1.98. The van der Waals surface area contributed by atoms with Crippen LogP contribution in [0.15, 0.2) is 54.2 Å². The van der Waals surface area contributed by atoms with Gasteiger partial charge in [0.15, 0.2) is 0 Å². The number of amides is 2. The van der Waals surface area contributed by atoms with Crippen molar-refractivity contribution >= 4 is 34.1 Å². The molecule has 0 aliphatic carbocycles. The van der Waals surface area contributed by atoms with Gasteiger partial charge in [-0.2, -0.15) is 0 Å². The molecule has 0 radical (unpaired) electrons.